The molecule has 0 saturated carbocycles. The van der Waals surface area contributed by atoms with Crippen LogP contribution in [0.25, 0.3) is 0 Å². The predicted octanol–water partition coefficient (Wildman–Crippen LogP) is 5.39. The summed E-state index contributed by atoms with van der Waals surface area (Å²) in [6, 6.07) is 18.2. The number of rotatable bonds is 6. The molecule has 4 rings (SSSR count). The standard InChI is InChI=1S/C23H20F3N3OS/c24-23(25,26)18-9-10-22(27-13-18)31-15-21(30)28-19-7-3-1-6-17(19)14-29-12-11-16-5-2-4-8-20(16)29/h1-10,13H,11-12,14-15H2,(H,28,30). The van der Waals surface area contributed by atoms with E-state index in [-0.39, 0.29) is 11.7 Å². The van der Waals surface area contributed by atoms with Crippen molar-refractivity contribution in [2.24, 2.45) is 0 Å². The Bertz CT molecular complexity index is 1070. The molecule has 0 radical (unpaired) electrons. The molecule has 2 aromatic carbocycles. The van der Waals surface area contributed by atoms with E-state index in [1.54, 1.807) is 0 Å². The van der Waals surface area contributed by atoms with Gasteiger partial charge < -0.3 is 10.2 Å². The fraction of sp³-hybridized carbons (Fsp3) is 0.217. The molecule has 0 unspecified atom stereocenters. The Kier molecular flexibility index (Phi) is 6.18. The first-order chi connectivity index (χ1) is 14.9. The Morgan fingerprint density at radius 2 is 1.84 bits per heavy atom. The molecule has 2 heterocycles. The summed E-state index contributed by atoms with van der Waals surface area (Å²) in [6.07, 6.45) is -2.64. The Labute approximate surface area is 182 Å². The summed E-state index contributed by atoms with van der Waals surface area (Å²) in [7, 11) is 0. The molecular weight excluding hydrogens is 423 g/mol. The first kappa shape index (κ1) is 21.2. The second-order valence-electron chi connectivity index (χ2n) is 7.18. The van der Waals surface area contributed by atoms with Gasteiger partial charge >= 0.3 is 6.18 Å². The number of alkyl halides is 3. The summed E-state index contributed by atoms with van der Waals surface area (Å²) in [5, 5.41) is 3.29. The van der Waals surface area contributed by atoms with Crippen molar-refractivity contribution in [2.45, 2.75) is 24.2 Å². The summed E-state index contributed by atoms with van der Waals surface area (Å²) in [6.45, 7) is 1.61. The van der Waals surface area contributed by atoms with Gasteiger partial charge in [0.2, 0.25) is 5.91 Å². The zero-order valence-corrected chi connectivity index (χ0v) is 17.3. The third-order valence-electron chi connectivity index (χ3n) is 5.05. The van der Waals surface area contributed by atoms with Crippen molar-refractivity contribution in [2.75, 3.05) is 22.5 Å². The molecular formula is C23H20F3N3OS. The molecule has 8 heteroatoms. The van der Waals surface area contributed by atoms with E-state index in [4.69, 9.17) is 0 Å². The van der Waals surface area contributed by atoms with Crippen LogP contribution >= 0.6 is 11.8 Å². The lowest BCUT2D eigenvalue weighted by Crippen LogP contribution is -2.22. The van der Waals surface area contributed by atoms with Gasteiger partial charge in [0.05, 0.1) is 16.3 Å². The predicted molar refractivity (Wildman–Crippen MR) is 116 cm³/mol. The zero-order valence-electron chi connectivity index (χ0n) is 16.5. The van der Waals surface area contributed by atoms with Crippen LogP contribution in [0, 0.1) is 0 Å². The van der Waals surface area contributed by atoms with Crippen molar-refractivity contribution in [3.63, 3.8) is 0 Å². The quantitative estimate of drug-likeness (QED) is 0.519. The number of hydrogen-bond donors (Lipinski definition) is 1. The number of carbonyl (C=O) groups excluding carboxylic acids is 1. The second-order valence-corrected chi connectivity index (χ2v) is 8.17. The van der Waals surface area contributed by atoms with Crippen LogP contribution < -0.4 is 10.2 Å². The normalized spacial score (nSPS) is 13.2. The average Bonchev–Trinajstić information content (AvgIpc) is 3.16. The number of hydrogen-bond acceptors (Lipinski definition) is 4. The van der Waals surface area contributed by atoms with Gasteiger partial charge in [0.25, 0.3) is 0 Å². The van der Waals surface area contributed by atoms with Gasteiger partial charge in [-0.05, 0) is 41.8 Å². The van der Waals surface area contributed by atoms with Crippen LogP contribution in [0.3, 0.4) is 0 Å². The fourth-order valence-corrected chi connectivity index (χ4v) is 4.16. The number of thioether (sulfide) groups is 1. The molecule has 31 heavy (non-hydrogen) atoms. The zero-order chi connectivity index (χ0) is 21.8. The first-order valence-electron chi connectivity index (χ1n) is 9.77. The summed E-state index contributed by atoms with van der Waals surface area (Å²) in [5.74, 6) is -0.180. The summed E-state index contributed by atoms with van der Waals surface area (Å²) in [5.41, 5.74) is 3.47. The largest absolute Gasteiger partial charge is 0.417 e. The number of nitrogens with zero attached hydrogens (tertiary/aromatic N) is 2. The van der Waals surface area contributed by atoms with E-state index in [9.17, 15) is 18.0 Å². The van der Waals surface area contributed by atoms with Crippen molar-refractivity contribution in [3.8, 4) is 0 Å². The Morgan fingerprint density at radius 3 is 2.61 bits per heavy atom. The fourth-order valence-electron chi connectivity index (χ4n) is 3.52. The van der Waals surface area contributed by atoms with Crippen LogP contribution in [0.5, 0.6) is 0 Å². The van der Waals surface area contributed by atoms with Crippen LogP contribution in [0.2, 0.25) is 0 Å². The molecule has 0 saturated heterocycles. The number of pyridine rings is 1. The van der Waals surface area contributed by atoms with Crippen molar-refractivity contribution < 1.29 is 18.0 Å². The number of aromatic nitrogens is 1. The van der Waals surface area contributed by atoms with E-state index in [0.717, 1.165) is 48.2 Å². The minimum Gasteiger partial charge on any atom is -0.367 e. The van der Waals surface area contributed by atoms with Gasteiger partial charge in [-0.3, -0.25) is 4.79 Å². The summed E-state index contributed by atoms with van der Waals surface area (Å²) < 4.78 is 37.9. The monoisotopic (exact) mass is 443 g/mol. The molecule has 0 bridgehead atoms. The molecule has 160 valence electrons. The molecule has 1 aliphatic rings. The Balaban J connectivity index is 1.37. The smallest absolute Gasteiger partial charge is 0.367 e. The average molecular weight is 443 g/mol. The molecule has 0 atom stereocenters. The number of carbonyl (C=O) groups is 1. The SMILES string of the molecule is O=C(CSc1ccc(C(F)(F)F)cn1)Nc1ccccc1CN1CCc2ccccc21. The van der Waals surface area contributed by atoms with Crippen LogP contribution in [-0.4, -0.2) is 23.2 Å². The van der Waals surface area contributed by atoms with Gasteiger partial charge in [-0.25, -0.2) is 4.98 Å². The van der Waals surface area contributed by atoms with Crippen molar-refractivity contribution in [1.29, 1.82) is 0 Å². The highest BCUT2D eigenvalue weighted by Gasteiger charge is 2.30. The maximum atomic E-state index is 12.6. The highest BCUT2D eigenvalue weighted by Crippen LogP contribution is 2.31. The third-order valence-corrected chi connectivity index (χ3v) is 5.99. The van der Waals surface area contributed by atoms with E-state index < -0.39 is 11.7 Å². The van der Waals surface area contributed by atoms with E-state index in [0.29, 0.717) is 11.6 Å². The van der Waals surface area contributed by atoms with Gasteiger partial charge in [0, 0.05) is 30.7 Å². The minimum atomic E-state index is -4.42. The minimum absolute atomic E-state index is 0.0548. The highest BCUT2D eigenvalue weighted by atomic mass is 32.2. The molecule has 4 nitrogen and oxygen atoms in total. The molecule has 1 aromatic heterocycles. The molecule has 1 amide bonds. The van der Waals surface area contributed by atoms with Crippen molar-refractivity contribution in [1.82, 2.24) is 4.98 Å². The number of para-hydroxylation sites is 2. The van der Waals surface area contributed by atoms with E-state index in [1.165, 1.54) is 17.3 Å². The molecule has 1 N–H and O–H groups in total. The van der Waals surface area contributed by atoms with Crippen molar-refractivity contribution >= 4 is 29.0 Å². The Hall–Kier alpha value is -3.00. The van der Waals surface area contributed by atoms with Gasteiger partial charge in [-0.1, -0.05) is 48.2 Å². The van der Waals surface area contributed by atoms with E-state index in [1.807, 2.05) is 36.4 Å². The third kappa shape index (κ3) is 5.19. The van der Waals surface area contributed by atoms with Gasteiger partial charge in [0.1, 0.15) is 0 Å². The number of halogens is 3. The molecule has 1 aliphatic heterocycles. The van der Waals surface area contributed by atoms with Crippen LogP contribution in [0.4, 0.5) is 24.5 Å². The lowest BCUT2D eigenvalue weighted by molar-refractivity contribution is -0.137. The molecule has 3 aromatic rings. The molecule has 0 fully saturated rings. The lowest BCUT2D eigenvalue weighted by Gasteiger charge is -2.21. The molecule has 0 aliphatic carbocycles. The number of amides is 1. The summed E-state index contributed by atoms with van der Waals surface area (Å²) >= 11 is 1.10. The van der Waals surface area contributed by atoms with Crippen LogP contribution in [0.15, 0.2) is 71.9 Å². The summed E-state index contributed by atoms with van der Waals surface area (Å²) in [4.78, 5) is 18.5. The van der Waals surface area contributed by atoms with Crippen molar-refractivity contribution in [3.05, 3.63) is 83.6 Å². The maximum Gasteiger partial charge on any atom is 0.417 e. The topological polar surface area (TPSA) is 45.2 Å². The van der Waals surface area contributed by atoms with E-state index >= 15 is 0 Å². The van der Waals surface area contributed by atoms with Crippen LogP contribution in [0.1, 0.15) is 16.7 Å². The number of anilines is 2. The van der Waals surface area contributed by atoms with E-state index in [2.05, 4.69) is 27.3 Å². The van der Waals surface area contributed by atoms with Gasteiger partial charge in [-0.15, -0.1) is 0 Å². The van der Waals surface area contributed by atoms with Gasteiger partial charge in [0.15, 0.2) is 0 Å². The highest BCUT2D eigenvalue weighted by molar-refractivity contribution is 7.99. The molecule has 0 spiro atoms. The van der Waals surface area contributed by atoms with Gasteiger partial charge in [-0.2, -0.15) is 13.2 Å². The number of nitrogens with one attached hydrogen (secondary N) is 1. The maximum absolute atomic E-state index is 12.6. The lowest BCUT2D eigenvalue weighted by atomic mass is 10.1. The second kappa shape index (κ2) is 9.01. The van der Waals surface area contributed by atoms with Crippen LogP contribution in [-0.2, 0) is 23.9 Å². The number of benzene rings is 2. The number of fused-ring (bicyclic) bond motifs is 1. The Morgan fingerprint density at radius 1 is 1.06 bits per heavy atom. The first-order valence-corrected chi connectivity index (χ1v) is 10.8.